The molecule has 2 aliphatic rings. The van der Waals surface area contributed by atoms with Gasteiger partial charge in [0.05, 0.1) is 41.5 Å². The standard InChI is InChI=1S/C28H30ClFN8O3/c1-3-26(40)36-8-6-35(7-9-36)20-11-21(12-20)38-17(2)27(33-34-38)18-10-24(28-22(29)14-32-37(28)15-18)41-25(16-39)23-5-4-19(30)13-31-23/h3-5,10,13-15,20-21,25,39H,1,6-9,11-12,16H2,2H3. The monoisotopic (exact) mass is 580 g/mol. The molecule has 1 saturated carbocycles. The van der Waals surface area contributed by atoms with Gasteiger partial charge >= 0.3 is 0 Å². The maximum absolute atomic E-state index is 13.4. The maximum atomic E-state index is 13.4. The number of halogens is 2. The number of carbonyl (C=O) groups excluding carboxylic acids is 1. The predicted molar refractivity (Wildman–Crippen MR) is 149 cm³/mol. The Morgan fingerprint density at radius 1 is 1.24 bits per heavy atom. The first-order valence-corrected chi connectivity index (χ1v) is 13.9. The van der Waals surface area contributed by atoms with Crippen LogP contribution in [0.5, 0.6) is 5.75 Å². The number of amides is 1. The lowest BCUT2D eigenvalue weighted by Gasteiger charge is -2.46. The summed E-state index contributed by atoms with van der Waals surface area (Å²) in [5.41, 5.74) is 3.22. The summed E-state index contributed by atoms with van der Waals surface area (Å²) in [5, 5.41) is 23.8. The molecule has 1 amide bonds. The normalized spacial score (nSPS) is 20.1. The van der Waals surface area contributed by atoms with Crippen LogP contribution in [-0.4, -0.2) is 89.2 Å². The van der Waals surface area contributed by atoms with Gasteiger partial charge in [0.15, 0.2) is 6.10 Å². The van der Waals surface area contributed by atoms with Gasteiger partial charge in [-0.15, -0.1) is 5.10 Å². The minimum atomic E-state index is -0.846. The number of carbonyl (C=O) groups is 1. The van der Waals surface area contributed by atoms with Crippen molar-refractivity contribution in [2.24, 2.45) is 0 Å². The highest BCUT2D eigenvalue weighted by Gasteiger charge is 2.38. The molecule has 214 valence electrons. The largest absolute Gasteiger partial charge is 0.479 e. The number of fused-ring (bicyclic) bond motifs is 1. The SMILES string of the molecule is C=CC(=O)N1CCN(C2CC(n3nnc(-c4cc(OC(CO)c5ccc(F)cn5)c5c(Cl)cnn5c4)c3C)C2)CC1. The Labute approximate surface area is 240 Å². The van der Waals surface area contributed by atoms with Crippen molar-refractivity contribution < 1.29 is 19.0 Å². The third kappa shape index (κ3) is 5.18. The Morgan fingerprint density at radius 3 is 2.71 bits per heavy atom. The van der Waals surface area contributed by atoms with E-state index in [0.717, 1.165) is 56.5 Å². The first-order valence-electron chi connectivity index (χ1n) is 13.5. The first kappa shape index (κ1) is 27.3. The van der Waals surface area contributed by atoms with Gasteiger partial charge in [-0.1, -0.05) is 23.4 Å². The number of hydrogen-bond acceptors (Lipinski definition) is 8. The number of aliphatic hydroxyl groups is 1. The van der Waals surface area contributed by atoms with Crippen LogP contribution in [0.4, 0.5) is 4.39 Å². The van der Waals surface area contributed by atoms with Crippen LogP contribution in [-0.2, 0) is 4.79 Å². The van der Waals surface area contributed by atoms with Crippen LogP contribution in [0, 0.1) is 12.7 Å². The number of nitrogens with zero attached hydrogens (tertiary/aromatic N) is 8. The highest BCUT2D eigenvalue weighted by molar-refractivity contribution is 6.34. The molecule has 1 saturated heterocycles. The zero-order chi connectivity index (χ0) is 28.7. The Bertz CT molecular complexity index is 1580. The second-order valence-corrected chi connectivity index (χ2v) is 10.8. The zero-order valence-electron chi connectivity index (χ0n) is 22.5. The Balaban J connectivity index is 1.20. The Morgan fingerprint density at radius 2 is 2.02 bits per heavy atom. The summed E-state index contributed by atoms with van der Waals surface area (Å²) in [4.78, 5) is 20.2. The summed E-state index contributed by atoms with van der Waals surface area (Å²) < 4.78 is 23.2. The highest BCUT2D eigenvalue weighted by Crippen LogP contribution is 2.39. The molecule has 41 heavy (non-hydrogen) atoms. The average molecular weight is 581 g/mol. The summed E-state index contributed by atoms with van der Waals surface area (Å²) in [6.45, 7) is 8.35. The third-order valence-electron chi connectivity index (χ3n) is 8.00. The molecule has 4 aromatic heterocycles. The number of pyridine rings is 2. The fraction of sp³-hybridized carbons (Fsp3) is 0.393. The lowest BCUT2D eigenvalue weighted by Crippen LogP contribution is -2.55. The number of ether oxygens (including phenoxy) is 1. The molecule has 2 fully saturated rings. The fourth-order valence-corrected chi connectivity index (χ4v) is 5.86. The van der Waals surface area contributed by atoms with Gasteiger partial charge in [0.2, 0.25) is 5.91 Å². The molecule has 1 aliphatic carbocycles. The number of hydrogen-bond donors (Lipinski definition) is 1. The topological polar surface area (TPSA) is 114 Å². The van der Waals surface area contributed by atoms with Crippen molar-refractivity contribution in [3.05, 3.63) is 71.7 Å². The quantitative estimate of drug-likeness (QED) is 0.316. The van der Waals surface area contributed by atoms with Gasteiger partial charge in [-0.3, -0.25) is 14.7 Å². The summed E-state index contributed by atoms with van der Waals surface area (Å²) in [5.74, 6) is -0.112. The molecule has 4 aromatic rings. The molecule has 1 N–H and O–H groups in total. The second-order valence-electron chi connectivity index (χ2n) is 10.4. The van der Waals surface area contributed by atoms with Crippen molar-refractivity contribution in [1.82, 2.24) is 39.4 Å². The van der Waals surface area contributed by atoms with Gasteiger partial charge in [0, 0.05) is 44.0 Å². The molecule has 5 heterocycles. The molecule has 0 spiro atoms. The maximum Gasteiger partial charge on any atom is 0.246 e. The molecule has 0 radical (unpaired) electrons. The van der Waals surface area contributed by atoms with E-state index in [9.17, 15) is 14.3 Å². The van der Waals surface area contributed by atoms with Gasteiger partial charge in [0.25, 0.3) is 0 Å². The molecule has 11 nitrogen and oxygen atoms in total. The van der Waals surface area contributed by atoms with E-state index in [2.05, 4.69) is 31.9 Å². The lowest BCUT2D eigenvalue weighted by molar-refractivity contribution is -0.128. The highest BCUT2D eigenvalue weighted by atomic mass is 35.5. The summed E-state index contributed by atoms with van der Waals surface area (Å²) in [7, 11) is 0. The van der Waals surface area contributed by atoms with Gasteiger partial charge in [0.1, 0.15) is 22.8 Å². The van der Waals surface area contributed by atoms with Gasteiger partial charge < -0.3 is 14.7 Å². The molecular formula is C28H30ClFN8O3. The van der Waals surface area contributed by atoms with Crippen LogP contribution in [0.15, 0.2) is 49.4 Å². The minimum absolute atomic E-state index is 0.00922. The molecule has 1 atom stereocenters. The summed E-state index contributed by atoms with van der Waals surface area (Å²) in [6, 6.07) is 5.21. The Kier molecular flexibility index (Phi) is 7.45. The molecule has 0 bridgehead atoms. The van der Waals surface area contributed by atoms with Gasteiger partial charge in [-0.25, -0.2) is 13.6 Å². The van der Waals surface area contributed by atoms with Crippen molar-refractivity contribution in [1.29, 1.82) is 0 Å². The molecule has 6 rings (SSSR count). The molecule has 13 heteroatoms. The number of rotatable bonds is 8. The van der Waals surface area contributed by atoms with E-state index >= 15 is 0 Å². The summed E-state index contributed by atoms with van der Waals surface area (Å²) in [6.07, 6.45) is 6.86. The summed E-state index contributed by atoms with van der Waals surface area (Å²) >= 11 is 6.43. The second kappa shape index (κ2) is 11.2. The van der Waals surface area contributed by atoms with E-state index in [1.807, 2.05) is 22.7 Å². The number of aliphatic hydroxyl groups excluding tert-OH is 1. The fourth-order valence-electron chi connectivity index (χ4n) is 5.64. The van der Waals surface area contributed by atoms with Gasteiger partial charge in [-0.05, 0) is 44.0 Å². The van der Waals surface area contributed by atoms with E-state index < -0.39 is 11.9 Å². The van der Waals surface area contributed by atoms with Crippen molar-refractivity contribution >= 4 is 23.0 Å². The van der Waals surface area contributed by atoms with Crippen LogP contribution in [0.2, 0.25) is 5.02 Å². The smallest absolute Gasteiger partial charge is 0.246 e. The van der Waals surface area contributed by atoms with Crippen LogP contribution in [0.1, 0.15) is 36.4 Å². The number of piperazine rings is 1. The molecule has 1 unspecified atom stereocenters. The molecule has 1 aliphatic heterocycles. The van der Waals surface area contributed by atoms with Crippen molar-refractivity contribution in [2.45, 2.75) is 38.0 Å². The van der Waals surface area contributed by atoms with E-state index in [-0.39, 0.29) is 18.6 Å². The van der Waals surface area contributed by atoms with Crippen LogP contribution in [0.3, 0.4) is 0 Å². The van der Waals surface area contributed by atoms with Gasteiger partial charge in [-0.2, -0.15) is 5.10 Å². The Hall–Kier alpha value is -3.87. The lowest BCUT2D eigenvalue weighted by atomic mass is 9.85. The molecule has 0 aromatic carbocycles. The minimum Gasteiger partial charge on any atom is -0.479 e. The third-order valence-corrected chi connectivity index (χ3v) is 8.28. The van der Waals surface area contributed by atoms with Crippen molar-refractivity contribution in [3.8, 4) is 17.0 Å². The van der Waals surface area contributed by atoms with Crippen LogP contribution < -0.4 is 4.74 Å². The predicted octanol–water partition coefficient (Wildman–Crippen LogP) is 3.23. The van der Waals surface area contributed by atoms with Crippen LogP contribution >= 0.6 is 11.6 Å². The van der Waals surface area contributed by atoms with E-state index in [1.165, 1.54) is 24.4 Å². The van der Waals surface area contributed by atoms with E-state index in [1.54, 1.807) is 10.6 Å². The van der Waals surface area contributed by atoms with E-state index in [4.69, 9.17) is 16.3 Å². The average Bonchev–Trinajstić information content (AvgIpc) is 3.53. The first-order chi connectivity index (χ1) is 19.9. The van der Waals surface area contributed by atoms with E-state index in [0.29, 0.717) is 33.7 Å². The van der Waals surface area contributed by atoms with Crippen molar-refractivity contribution in [3.63, 3.8) is 0 Å². The number of aromatic nitrogens is 6. The van der Waals surface area contributed by atoms with Crippen molar-refractivity contribution in [2.75, 3.05) is 32.8 Å². The van der Waals surface area contributed by atoms with Crippen LogP contribution in [0.25, 0.3) is 16.8 Å². The zero-order valence-corrected chi connectivity index (χ0v) is 23.3. The molecular weight excluding hydrogens is 551 g/mol.